The van der Waals surface area contributed by atoms with Crippen LogP contribution in [0.1, 0.15) is 63.2 Å². The Kier molecular flexibility index (Phi) is 7.83. The highest BCUT2D eigenvalue weighted by atomic mass is 16.7. The van der Waals surface area contributed by atoms with E-state index in [1.165, 1.54) is 25.1 Å². The smallest absolute Gasteiger partial charge is 0.308 e. The van der Waals surface area contributed by atoms with E-state index in [1.54, 1.807) is 0 Å². The number of hydrogen-bond donors (Lipinski definition) is 6. The van der Waals surface area contributed by atoms with E-state index in [2.05, 4.69) is 0 Å². The number of benzene rings is 2. The van der Waals surface area contributed by atoms with Gasteiger partial charge in [0.1, 0.15) is 35.6 Å². The third-order valence-electron chi connectivity index (χ3n) is 6.57. The maximum Gasteiger partial charge on any atom is 0.308 e. The summed E-state index contributed by atoms with van der Waals surface area (Å²) in [5.74, 6) is -2.99. The van der Waals surface area contributed by atoms with Crippen LogP contribution in [0.2, 0.25) is 0 Å². The number of rotatable bonds is 7. The summed E-state index contributed by atoms with van der Waals surface area (Å²) in [5.41, 5.74) is -0.875. The topological polar surface area (TPSA) is 200 Å². The fraction of sp³-hybridized carbons (Fsp3) is 0.423. The summed E-state index contributed by atoms with van der Waals surface area (Å²) in [6.07, 6.45) is -6.99. The van der Waals surface area contributed by atoms with Gasteiger partial charge in [-0.3, -0.25) is 14.4 Å². The van der Waals surface area contributed by atoms with Gasteiger partial charge in [-0.25, -0.2) is 0 Å². The zero-order valence-electron chi connectivity index (χ0n) is 20.6. The maximum absolute atomic E-state index is 13.6. The van der Waals surface area contributed by atoms with Gasteiger partial charge in [0, 0.05) is 35.8 Å². The van der Waals surface area contributed by atoms with Gasteiger partial charge >= 0.3 is 5.97 Å². The number of fused-ring (bicyclic) bond motifs is 2. The minimum absolute atomic E-state index is 0.00106. The molecule has 0 saturated carbocycles. The molecule has 12 nitrogen and oxygen atoms in total. The Morgan fingerprint density at radius 3 is 2.29 bits per heavy atom. The first kappa shape index (κ1) is 27.6. The molecule has 1 aliphatic carbocycles. The lowest BCUT2D eigenvalue weighted by atomic mass is 9.80. The lowest BCUT2D eigenvalue weighted by Crippen LogP contribution is -2.58. The molecule has 4 rings (SSSR count). The molecule has 0 bridgehead atoms. The van der Waals surface area contributed by atoms with Crippen molar-refractivity contribution >= 4 is 17.5 Å². The monoisotopic (exact) mass is 532 g/mol. The van der Waals surface area contributed by atoms with Crippen molar-refractivity contribution in [3.63, 3.8) is 0 Å². The summed E-state index contributed by atoms with van der Waals surface area (Å²) in [7, 11) is 0. The van der Waals surface area contributed by atoms with Gasteiger partial charge in [-0.1, -0.05) is 0 Å². The van der Waals surface area contributed by atoms with Crippen LogP contribution in [0.15, 0.2) is 18.2 Å². The molecule has 0 aromatic heterocycles. The Bertz CT molecular complexity index is 1290. The number of aromatic hydroxyl groups is 1. The van der Waals surface area contributed by atoms with Crippen LogP contribution in [0.3, 0.4) is 0 Å². The Balaban J connectivity index is 1.85. The number of aliphatic hydroxyl groups excluding tert-OH is 5. The molecule has 2 aliphatic rings. The van der Waals surface area contributed by atoms with Crippen molar-refractivity contribution in [3.8, 4) is 17.2 Å². The average Bonchev–Trinajstić information content (AvgIpc) is 2.87. The molecule has 1 heterocycles. The molecule has 1 fully saturated rings. The van der Waals surface area contributed by atoms with Crippen molar-refractivity contribution in [2.24, 2.45) is 0 Å². The first-order chi connectivity index (χ1) is 18.0. The third-order valence-corrected chi connectivity index (χ3v) is 6.57. The lowest BCUT2D eigenvalue weighted by molar-refractivity contribution is -0.268. The van der Waals surface area contributed by atoms with Crippen LogP contribution in [-0.2, 0) is 22.6 Å². The van der Waals surface area contributed by atoms with Crippen LogP contribution in [0, 0.1) is 0 Å². The van der Waals surface area contributed by atoms with Crippen molar-refractivity contribution in [3.05, 3.63) is 51.6 Å². The van der Waals surface area contributed by atoms with Crippen LogP contribution in [-0.4, -0.2) is 85.5 Å². The summed E-state index contributed by atoms with van der Waals surface area (Å²) >= 11 is 0. The minimum Gasteiger partial charge on any atom is -0.507 e. The van der Waals surface area contributed by atoms with E-state index in [4.69, 9.17) is 14.2 Å². The van der Waals surface area contributed by atoms with Gasteiger partial charge in [0.05, 0.1) is 18.3 Å². The molecule has 2 aromatic carbocycles. The number of ether oxygens (including phenoxy) is 3. The zero-order chi connectivity index (χ0) is 27.9. The molecular weight excluding hydrogens is 504 g/mol. The Morgan fingerprint density at radius 2 is 1.66 bits per heavy atom. The largest absolute Gasteiger partial charge is 0.507 e. The molecule has 204 valence electrons. The molecule has 5 atom stereocenters. The normalized spacial score (nSPS) is 24.6. The second-order valence-electron chi connectivity index (χ2n) is 9.17. The van der Waals surface area contributed by atoms with Crippen molar-refractivity contribution in [2.45, 2.75) is 64.0 Å². The van der Waals surface area contributed by atoms with E-state index in [1.807, 2.05) is 0 Å². The summed E-state index contributed by atoms with van der Waals surface area (Å²) < 4.78 is 16.3. The van der Waals surface area contributed by atoms with E-state index >= 15 is 0 Å². The first-order valence-corrected chi connectivity index (χ1v) is 11.9. The second kappa shape index (κ2) is 10.8. The number of aliphatic hydroxyl groups is 5. The molecule has 38 heavy (non-hydrogen) atoms. The number of phenols is 1. The molecular formula is C26H28O12. The number of carbonyl (C=O) groups is 3. The predicted octanol–water partition coefficient (Wildman–Crippen LogP) is -0.284. The number of hydrogen-bond acceptors (Lipinski definition) is 12. The minimum atomic E-state index is -1.69. The molecule has 1 saturated heterocycles. The van der Waals surface area contributed by atoms with Crippen LogP contribution < -0.4 is 9.47 Å². The zero-order valence-corrected chi connectivity index (χ0v) is 20.6. The Morgan fingerprint density at radius 1 is 0.974 bits per heavy atom. The highest BCUT2D eigenvalue weighted by Gasteiger charge is 2.44. The average molecular weight is 532 g/mol. The predicted molar refractivity (Wildman–Crippen MR) is 127 cm³/mol. The van der Waals surface area contributed by atoms with E-state index in [0.29, 0.717) is 0 Å². The van der Waals surface area contributed by atoms with E-state index < -0.39 is 60.6 Å². The Labute approximate surface area is 216 Å². The second-order valence-corrected chi connectivity index (χ2v) is 9.17. The molecule has 0 amide bonds. The van der Waals surface area contributed by atoms with Crippen LogP contribution >= 0.6 is 0 Å². The SMILES string of the molecule is CC(=O)Oc1cc(CO)c2c(c1)C(=O)c1cc(O[C@H]3O[C@H](C)[C@@H](O)[C@@H](O)[C@H]3O)c(CCCO)c(O)c1C2=O. The lowest BCUT2D eigenvalue weighted by Gasteiger charge is -2.39. The summed E-state index contributed by atoms with van der Waals surface area (Å²) in [6.45, 7) is 1.66. The first-order valence-electron chi connectivity index (χ1n) is 11.9. The van der Waals surface area contributed by atoms with Crippen molar-refractivity contribution in [1.82, 2.24) is 0 Å². The highest BCUT2D eigenvalue weighted by Crippen LogP contribution is 2.43. The maximum atomic E-state index is 13.6. The molecule has 0 spiro atoms. The summed E-state index contributed by atoms with van der Waals surface area (Å²) in [5, 5.41) is 60.9. The van der Waals surface area contributed by atoms with Crippen LogP contribution in [0.5, 0.6) is 17.2 Å². The number of phenolic OH excluding ortho intramolecular Hbond substituents is 1. The highest BCUT2D eigenvalue weighted by molar-refractivity contribution is 6.30. The molecule has 12 heteroatoms. The molecule has 1 aliphatic heterocycles. The molecule has 2 aromatic rings. The van der Waals surface area contributed by atoms with Gasteiger partial charge < -0.3 is 44.8 Å². The van der Waals surface area contributed by atoms with Crippen molar-refractivity contribution in [2.75, 3.05) is 6.61 Å². The van der Waals surface area contributed by atoms with E-state index in [9.17, 15) is 45.0 Å². The van der Waals surface area contributed by atoms with Crippen LogP contribution in [0.25, 0.3) is 0 Å². The van der Waals surface area contributed by atoms with Gasteiger partial charge in [-0.05, 0) is 43.5 Å². The number of carbonyl (C=O) groups excluding carboxylic acids is 3. The summed E-state index contributed by atoms with van der Waals surface area (Å²) in [4.78, 5) is 38.6. The quantitative estimate of drug-likeness (QED) is 0.172. The fourth-order valence-corrected chi connectivity index (χ4v) is 4.67. The van der Waals surface area contributed by atoms with Crippen molar-refractivity contribution in [1.29, 1.82) is 0 Å². The molecule has 0 unspecified atom stereocenters. The standard InChI is InChI=1S/C26H28O12/c1-10-20(30)24(34)25(35)26(36-10)38-17-8-16-19(22(32)14(17)4-3-5-27)23(33)18-12(9-28)6-13(37-11(2)29)7-15(18)21(16)31/h6-8,10,20,24-28,30,32,34-35H,3-5,9H2,1-2H3/t10-,20-,24-,25-,26-/m1/s1. The van der Waals surface area contributed by atoms with Gasteiger partial charge in [0.15, 0.2) is 11.6 Å². The van der Waals surface area contributed by atoms with Crippen LogP contribution in [0.4, 0.5) is 0 Å². The van der Waals surface area contributed by atoms with Gasteiger partial charge in [0.2, 0.25) is 6.29 Å². The molecule has 0 radical (unpaired) electrons. The van der Waals surface area contributed by atoms with Gasteiger partial charge in [0.25, 0.3) is 0 Å². The Hall–Kier alpha value is -3.39. The number of esters is 1. The third kappa shape index (κ3) is 4.77. The fourth-order valence-electron chi connectivity index (χ4n) is 4.67. The van der Waals surface area contributed by atoms with E-state index in [0.717, 1.165) is 6.92 Å². The van der Waals surface area contributed by atoms with E-state index in [-0.39, 0.29) is 64.3 Å². The van der Waals surface area contributed by atoms with Gasteiger partial charge in [-0.15, -0.1) is 0 Å². The van der Waals surface area contributed by atoms with Crippen molar-refractivity contribution < 1.29 is 59.2 Å². The molecule has 6 N–H and O–H groups in total. The van der Waals surface area contributed by atoms with Gasteiger partial charge in [-0.2, -0.15) is 0 Å². The summed E-state index contributed by atoms with van der Waals surface area (Å²) in [6, 6.07) is 3.62. The number of ketones is 2.